The largest absolute Gasteiger partial charge is 0.389 e. The van der Waals surface area contributed by atoms with Crippen LogP contribution in [-0.2, 0) is 4.79 Å². The molecule has 0 fully saturated rings. The third-order valence-electron chi connectivity index (χ3n) is 2.11. The number of carbonyl (C=O) groups excluding carboxylic acids is 1. The molecule has 0 atom stereocenters. The van der Waals surface area contributed by atoms with Gasteiger partial charge in [-0.1, -0.05) is 17.7 Å². The topological polar surface area (TPSA) is 17.1 Å². The zero-order valence-electron chi connectivity index (χ0n) is 9.47. The van der Waals surface area contributed by atoms with Gasteiger partial charge in [-0.3, -0.25) is 4.79 Å². The average molecular weight is 297 g/mol. The third-order valence-corrected chi connectivity index (χ3v) is 3.40. The highest BCUT2D eigenvalue weighted by molar-refractivity contribution is 8.00. The molecule has 0 radical (unpaired) electrons. The molecule has 0 bridgehead atoms. The van der Waals surface area contributed by atoms with E-state index in [0.29, 0.717) is 5.02 Å². The molecular weight excluding hydrogens is 285 g/mol. The van der Waals surface area contributed by atoms with E-state index in [1.165, 1.54) is 11.8 Å². The Hall–Kier alpha value is -0.680. The summed E-state index contributed by atoms with van der Waals surface area (Å²) >= 11 is 7.06. The Morgan fingerprint density at radius 3 is 2.67 bits per heavy atom. The minimum atomic E-state index is -4.18. The van der Waals surface area contributed by atoms with Crippen LogP contribution in [0.1, 0.15) is 19.3 Å². The predicted molar refractivity (Wildman–Crippen MR) is 67.1 cm³/mol. The molecule has 0 aliphatic rings. The third kappa shape index (κ3) is 6.91. The number of carbonyl (C=O) groups is 1. The van der Waals surface area contributed by atoms with Crippen LogP contribution in [-0.4, -0.2) is 17.7 Å². The molecule has 0 saturated carbocycles. The van der Waals surface area contributed by atoms with E-state index in [-0.39, 0.29) is 24.4 Å². The van der Waals surface area contributed by atoms with E-state index in [1.807, 2.05) is 0 Å². The Balaban J connectivity index is 2.25. The molecule has 1 rings (SSSR count). The zero-order valence-corrected chi connectivity index (χ0v) is 11.0. The summed E-state index contributed by atoms with van der Waals surface area (Å²) in [6.07, 6.45) is -5.26. The normalized spacial score (nSPS) is 11.6. The van der Waals surface area contributed by atoms with Crippen LogP contribution in [0.15, 0.2) is 29.2 Å². The van der Waals surface area contributed by atoms with Gasteiger partial charge in [0.1, 0.15) is 5.78 Å². The predicted octanol–water partition coefficient (Wildman–Crippen LogP) is 4.73. The maximum Gasteiger partial charge on any atom is 0.389 e. The summed E-state index contributed by atoms with van der Waals surface area (Å²) in [7, 11) is 0. The zero-order chi connectivity index (χ0) is 13.6. The van der Waals surface area contributed by atoms with E-state index in [9.17, 15) is 18.0 Å². The minimum absolute atomic E-state index is 0.0346. The number of rotatable bonds is 6. The SMILES string of the molecule is O=C(CCCC(F)(F)F)CSc1cccc(Cl)c1. The summed E-state index contributed by atoms with van der Waals surface area (Å²) in [5.41, 5.74) is 0. The fourth-order valence-corrected chi connectivity index (χ4v) is 2.39. The van der Waals surface area contributed by atoms with E-state index < -0.39 is 12.6 Å². The summed E-state index contributed by atoms with van der Waals surface area (Å²) in [6, 6.07) is 7.00. The number of Topliss-reactive ketones (excluding diaryl/α,β-unsaturated/α-hetero) is 1. The van der Waals surface area contributed by atoms with Gasteiger partial charge in [0, 0.05) is 22.8 Å². The Morgan fingerprint density at radius 2 is 2.06 bits per heavy atom. The molecule has 0 spiro atoms. The van der Waals surface area contributed by atoms with Gasteiger partial charge in [-0.25, -0.2) is 0 Å². The van der Waals surface area contributed by atoms with Gasteiger partial charge in [0.15, 0.2) is 0 Å². The van der Waals surface area contributed by atoms with Crippen molar-refractivity contribution in [2.24, 2.45) is 0 Å². The van der Waals surface area contributed by atoms with Crippen molar-refractivity contribution in [3.8, 4) is 0 Å². The van der Waals surface area contributed by atoms with Crippen LogP contribution in [0.3, 0.4) is 0 Å². The van der Waals surface area contributed by atoms with Gasteiger partial charge in [-0.15, -0.1) is 11.8 Å². The lowest BCUT2D eigenvalue weighted by molar-refractivity contribution is -0.136. The monoisotopic (exact) mass is 296 g/mol. The van der Waals surface area contributed by atoms with E-state index in [2.05, 4.69) is 0 Å². The smallest absolute Gasteiger partial charge is 0.299 e. The number of benzene rings is 1. The molecule has 1 aromatic rings. The Morgan fingerprint density at radius 1 is 1.33 bits per heavy atom. The summed E-state index contributed by atoms with van der Waals surface area (Å²) in [5.74, 6) is 0.00213. The fourth-order valence-electron chi connectivity index (χ4n) is 1.28. The molecule has 0 aliphatic heterocycles. The maximum atomic E-state index is 11.9. The number of hydrogen-bond acceptors (Lipinski definition) is 2. The van der Waals surface area contributed by atoms with Crippen molar-refractivity contribution in [1.29, 1.82) is 0 Å². The van der Waals surface area contributed by atoms with E-state index in [4.69, 9.17) is 11.6 Å². The molecule has 1 nitrogen and oxygen atoms in total. The first-order valence-corrected chi connectivity index (χ1v) is 6.70. The average Bonchev–Trinajstić information content (AvgIpc) is 2.25. The second-order valence-electron chi connectivity index (χ2n) is 3.75. The molecule has 18 heavy (non-hydrogen) atoms. The van der Waals surface area contributed by atoms with Gasteiger partial charge in [-0.2, -0.15) is 13.2 Å². The van der Waals surface area contributed by atoms with Crippen molar-refractivity contribution in [1.82, 2.24) is 0 Å². The summed E-state index contributed by atoms with van der Waals surface area (Å²) in [5, 5.41) is 0.574. The number of thioether (sulfide) groups is 1. The number of halogens is 4. The number of alkyl halides is 3. The highest BCUT2D eigenvalue weighted by Crippen LogP contribution is 2.24. The second-order valence-corrected chi connectivity index (χ2v) is 5.24. The Bertz CT molecular complexity index is 407. The molecule has 0 amide bonds. The van der Waals surface area contributed by atoms with Gasteiger partial charge >= 0.3 is 6.18 Å². The quantitative estimate of drug-likeness (QED) is 0.706. The summed E-state index contributed by atoms with van der Waals surface area (Å²) in [6.45, 7) is 0. The second kappa shape index (κ2) is 7.04. The first-order chi connectivity index (χ1) is 8.37. The van der Waals surface area contributed by atoms with Crippen molar-refractivity contribution in [2.45, 2.75) is 30.3 Å². The molecule has 0 heterocycles. The molecule has 0 aromatic heterocycles. The molecule has 0 unspecified atom stereocenters. The van der Waals surface area contributed by atoms with Gasteiger partial charge in [0.25, 0.3) is 0 Å². The van der Waals surface area contributed by atoms with E-state index in [1.54, 1.807) is 24.3 Å². The lowest BCUT2D eigenvalue weighted by atomic mass is 10.2. The first kappa shape index (κ1) is 15.4. The van der Waals surface area contributed by atoms with E-state index in [0.717, 1.165) is 4.90 Å². The molecule has 100 valence electrons. The minimum Gasteiger partial charge on any atom is -0.299 e. The van der Waals surface area contributed by atoms with Crippen molar-refractivity contribution < 1.29 is 18.0 Å². The summed E-state index contributed by atoms with van der Waals surface area (Å²) < 4.78 is 35.6. The van der Waals surface area contributed by atoms with Crippen LogP contribution >= 0.6 is 23.4 Å². The standard InChI is InChI=1S/C12H12ClF3OS/c13-9-3-1-5-11(7-9)18-8-10(17)4-2-6-12(14,15)16/h1,3,5,7H,2,4,6,8H2. The molecule has 6 heteroatoms. The van der Waals surface area contributed by atoms with Crippen molar-refractivity contribution >= 4 is 29.1 Å². The Kier molecular flexibility index (Phi) is 6.02. The molecular formula is C12H12ClF3OS. The van der Waals surface area contributed by atoms with Gasteiger partial charge < -0.3 is 0 Å². The Labute approximate surface area is 113 Å². The first-order valence-electron chi connectivity index (χ1n) is 5.33. The van der Waals surface area contributed by atoms with Crippen molar-refractivity contribution in [2.75, 3.05) is 5.75 Å². The summed E-state index contributed by atoms with van der Waals surface area (Å²) in [4.78, 5) is 12.2. The lowest BCUT2D eigenvalue weighted by Crippen LogP contribution is -2.09. The molecule has 0 aliphatic carbocycles. The maximum absolute atomic E-state index is 11.9. The van der Waals surface area contributed by atoms with Crippen LogP contribution in [0.4, 0.5) is 13.2 Å². The van der Waals surface area contributed by atoms with Crippen LogP contribution in [0.5, 0.6) is 0 Å². The van der Waals surface area contributed by atoms with E-state index >= 15 is 0 Å². The molecule has 0 saturated heterocycles. The number of hydrogen-bond donors (Lipinski definition) is 0. The molecule has 0 N–H and O–H groups in total. The highest BCUT2D eigenvalue weighted by Gasteiger charge is 2.26. The van der Waals surface area contributed by atoms with Crippen molar-refractivity contribution in [3.63, 3.8) is 0 Å². The van der Waals surface area contributed by atoms with Crippen molar-refractivity contribution in [3.05, 3.63) is 29.3 Å². The van der Waals surface area contributed by atoms with Gasteiger partial charge in [0.05, 0.1) is 5.75 Å². The molecule has 1 aromatic carbocycles. The van der Waals surface area contributed by atoms with Crippen LogP contribution in [0.25, 0.3) is 0 Å². The fraction of sp³-hybridized carbons (Fsp3) is 0.417. The van der Waals surface area contributed by atoms with Gasteiger partial charge in [0.2, 0.25) is 0 Å². The highest BCUT2D eigenvalue weighted by atomic mass is 35.5. The van der Waals surface area contributed by atoms with Crippen LogP contribution in [0.2, 0.25) is 5.02 Å². The van der Waals surface area contributed by atoms with Crippen LogP contribution < -0.4 is 0 Å². The lowest BCUT2D eigenvalue weighted by Gasteiger charge is -2.05. The van der Waals surface area contributed by atoms with Crippen LogP contribution in [0, 0.1) is 0 Å². The van der Waals surface area contributed by atoms with Gasteiger partial charge in [-0.05, 0) is 24.6 Å². The number of ketones is 1.